The minimum Gasteiger partial charge on any atom is -0.494 e. The van der Waals surface area contributed by atoms with Gasteiger partial charge in [-0.05, 0) is 86.2 Å². The third-order valence-corrected chi connectivity index (χ3v) is 14.8. The molecule has 2 N–H and O–H groups in total. The van der Waals surface area contributed by atoms with Gasteiger partial charge in [0.2, 0.25) is 5.52 Å². The minimum absolute atomic E-state index is 0.0489. The van der Waals surface area contributed by atoms with Crippen molar-refractivity contribution in [3.05, 3.63) is 74.9 Å². The van der Waals surface area contributed by atoms with Gasteiger partial charge in [-0.1, -0.05) is 89.9 Å². The molecule has 4 aromatic rings. The minimum atomic E-state index is -4.33. The predicted octanol–water partition coefficient (Wildman–Crippen LogP) is 12.4. The van der Waals surface area contributed by atoms with Crippen LogP contribution in [0.1, 0.15) is 136 Å². The Balaban J connectivity index is 0.799. The molecule has 0 radical (unpaired) electrons. The molecule has 3 aromatic carbocycles. The first-order chi connectivity index (χ1) is 37.6. The number of likely N-dealkylation sites (N-methyl/N-ethyl adjacent to an activating group) is 1. The van der Waals surface area contributed by atoms with Gasteiger partial charge in [0.05, 0.1) is 45.0 Å². The van der Waals surface area contributed by atoms with Crippen LogP contribution in [-0.4, -0.2) is 122 Å². The van der Waals surface area contributed by atoms with E-state index in [0.29, 0.717) is 76.6 Å². The molecule has 0 saturated heterocycles. The van der Waals surface area contributed by atoms with Crippen LogP contribution in [-0.2, 0) is 27.9 Å². The van der Waals surface area contributed by atoms with Crippen molar-refractivity contribution < 1.29 is 56.0 Å². The van der Waals surface area contributed by atoms with Gasteiger partial charge in [0.1, 0.15) is 42.8 Å². The zero-order valence-corrected chi connectivity index (χ0v) is 47.4. The van der Waals surface area contributed by atoms with E-state index in [2.05, 4.69) is 40.4 Å². The quantitative estimate of drug-likeness (QED) is 0.00531. The SMILES string of the molecule is CCN(CC)c1ccc2nc3c4cc(OCCCCCCCCCCCCOC(COC(=O)CCCCCCCCCCNc5ccc([N+](=O)[O-])c6nonc56)COP(=O)(O)OCC[N+](C)(C)C)ccc4c(=O)cc-3oc2c1. The number of nitro benzene ring substituents is 1. The number of fused-ring (bicyclic) bond motifs is 5. The number of benzene rings is 4. The molecule has 0 saturated carbocycles. The molecule has 21 heteroatoms. The van der Waals surface area contributed by atoms with Crippen LogP contribution in [0.15, 0.2) is 68.4 Å². The summed E-state index contributed by atoms with van der Waals surface area (Å²) in [6.45, 7) is 7.92. The summed E-state index contributed by atoms with van der Waals surface area (Å²) >= 11 is 0. The normalized spacial score (nSPS) is 13.1. The van der Waals surface area contributed by atoms with Crippen molar-refractivity contribution in [3.63, 3.8) is 0 Å². The number of rotatable bonds is 40. The van der Waals surface area contributed by atoms with Crippen LogP contribution in [0.5, 0.6) is 5.75 Å². The molecule has 2 atom stereocenters. The first kappa shape index (κ1) is 61.5. The Labute approximate surface area is 458 Å². The fourth-order valence-electron chi connectivity index (χ4n) is 9.24. The summed E-state index contributed by atoms with van der Waals surface area (Å²) in [6, 6.07) is 16.1. The third kappa shape index (κ3) is 20.2. The molecule has 78 heavy (non-hydrogen) atoms. The number of nitrogens with one attached hydrogen (secondary N) is 1. The average molecular weight is 1110 g/mol. The number of phosphoric acid groups is 1. The zero-order valence-electron chi connectivity index (χ0n) is 46.5. The molecule has 0 fully saturated rings. The molecule has 0 bridgehead atoms. The molecule has 2 unspecified atom stereocenters. The van der Waals surface area contributed by atoms with Gasteiger partial charge < -0.3 is 38.2 Å². The van der Waals surface area contributed by atoms with Crippen LogP contribution in [0.25, 0.3) is 44.4 Å². The Morgan fingerprint density at radius 2 is 1.42 bits per heavy atom. The first-order valence-corrected chi connectivity index (χ1v) is 29.7. The highest BCUT2D eigenvalue weighted by Gasteiger charge is 2.26. The number of nitrogens with zero attached hydrogens (tertiary/aromatic N) is 6. The van der Waals surface area contributed by atoms with E-state index in [-0.39, 0.29) is 48.8 Å². The summed E-state index contributed by atoms with van der Waals surface area (Å²) in [5, 5.41) is 23.3. The standard InChI is InChI=1S/C57H82N7O13P/c1-6-62(7-2)43-27-30-48-52(38-43)76-53-40-51(65)46-29-28-44(39-47(46)55(53)59-48)71-35-24-20-16-12-8-9-13-17-21-25-36-72-45(42-75-78(69,70)74-37-34-64(3,4)5)41-73-54(66)26-22-18-14-10-11-15-19-23-33-58-49-31-32-50(63(67)68)57-56(49)60-77-61-57/h27-32,38-40,45H,6-26,33-37,41-42H2,1-5H3,(H-,58,61,69,70)/p+1. The Kier molecular flexibility index (Phi) is 25.0. The number of hydrogen-bond donors (Lipinski definition) is 2. The number of carbonyl (C=O) groups excluding carboxylic acids is 1. The third-order valence-electron chi connectivity index (χ3n) is 13.8. The van der Waals surface area contributed by atoms with Gasteiger partial charge in [-0.15, -0.1) is 0 Å². The molecule has 0 amide bonds. The van der Waals surface area contributed by atoms with Crippen molar-refractivity contribution >= 4 is 63.8 Å². The first-order valence-electron chi connectivity index (χ1n) is 28.2. The van der Waals surface area contributed by atoms with Crippen LogP contribution >= 0.6 is 7.82 Å². The summed E-state index contributed by atoms with van der Waals surface area (Å²) in [4.78, 5) is 53.9. The number of aromatic nitrogens is 3. The van der Waals surface area contributed by atoms with E-state index in [1.54, 1.807) is 6.07 Å². The fraction of sp³-hybridized carbons (Fsp3) is 0.596. The van der Waals surface area contributed by atoms with Crippen LogP contribution in [0.2, 0.25) is 0 Å². The number of hydrogen-bond acceptors (Lipinski definition) is 17. The van der Waals surface area contributed by atoms with Crippen molar-refractivity contribution in [2.75, 3.05) is 90.6 Å². The van der Waals surface area contributed by atoms with Crippen molar-refractivity contribution in [1.29, 1.82) is 0 Å². The molecule has 6 rings (SSSR count). The van der Waals surface area contributed by atoms with E-state index >= 15 is 0 Å². The Morgan fingerprint density at radius 1 is 0.769 bits per heavy atom. The van der Waals surface area contributed by atoms with Gasteiger partial charge in [-0.25, -0.2) is 14.2 Å². The van der Waals surface area contributed by atoms with Crippen LogP contribution in [0.3, 0.4) is 0 Å². The van der Waals surface area contributed by atoms with E-state index in [1.807, 2.05) is 51.5 Å². The summed E-state index contributed by atoms with van der Waals surface area (Å²) in [5.74, 6) is 0.827. The van der Waals surface area contributed by atoms with Crippen molar-refractivity contribution in [1.82, 2.24) is 15.3 Å². The maximum absolute atomic E-state index is 13.1. The Hall–Kier alpha value is -5.76. The molecule has 2 heterocycles. The van der Waals surface area contributed by atoms with E-state index in [9.17, 15) is 29.2 Å². The number of phosphoric ester groups is 1. The highest BCUT2D eigenvalue weighted by molar-refractivity contribution is 7.47. The topological polar surface area (TPSA) is 241 Å². The van der Waals surface area contributed by atoms with Gasteiger partial charge in [-0.3, -0.25) is 28.8 Å². The monoisotopic (exact) mass is 1100 g/mol. The molecule has 428 valence electrons. The smallest absolute Gasteiger partial charge is 0.472 e. The lowest BCUT2D eigenvalue weighted by atomic mass is 10.0. The largest absolute Gasteiger partial charge is 0.494 e. The van der Waals surface area contributed by atoms with Crippen LogP contribution < -0.4 is 20.4 Å². The highest BCUT2D eigenvalue weighted by Crippen LogP contribution is 2.43. The van der Waals surface area contributed by atoms with Crippen molar-refractivity contribution in [3.8, 4) is 17.2 Å². The number of non-ortho nitro benzene ring substituents is 1. The number of anilines is 2. The van der Waals surface area contributed by atoms with Gasteiger partial charge >= 0.3 is 19.5 Å². The molecule has 2 aliphatic rings. The lowest BCUT2D eigenvalue weighted by Crippen LogP contribution is -2.37. The molecule has 1 aromatic heterocycles. The summed E-state index contributed by atoms with van der Waals surface area (Å²) < 4.78 is 52.4. The number of ether oxygens (including phenoxy) is 3. The molecule has 20 nitrogen and oxygen atoms in total. The predicted molar refractivity (Wildman–Crippen MR) is 303 cm³/mol. The van der Waals surface area contributed by atoms with Crippen molar-refractivity contribution in [2.24, 2.45) is 0 Å². The van der Waals surface area contributed by atoms with Crippen LogP contribution in [0.4, 0.5) is 17.1 Å². The van der Waals surface area contributed by atoms with Crippen molar-refractivity contribution in [2.45, 2.75) is 142 Å². The summed E-state index contributed by atoms with van der Waals surface area (Å²) in [7, 11) is 1.54. The van der Waals surface area contributed by atoms with Crippen LogP contribution in [0, 0.1) is 10.1 Å². The fourth-order valence-corrected chi connectivity index (χ4v) is 9.98. The number of unbranched alkanes of at least 4 members (excludes halogenated alkanes) is 16. The van der Waals surface area contributed by atoms with Gasteiger partial charge in [0.25, 0.3) is 0 Å². The van der Waals surface area contributed by atoms with E-state index in [0.717, 1.165) is 132 Å². The lowest BCUT2D eigenvalue weighted by molar-refractivity contribution is -0.870. The number of nitro groups is 1. The average Bonchev–Trinajstić information content (AvgIpc) is 3.91. The molecule has 1 aliphatic carbocycles. The van der Waals surface area contributed by atoms with Gasteiger partial charge in [-0.2, -0.15) is 0 Å². The van der Waals surface area contributed by atoms with E-state index in [4.69, 9.17) is 37.3 Å². The maximum atomic E-state index is 13.1. The van der Waals surface area contributed by atoms with E-state index < -0.39 is 18.8 Å². The molecular formula is C57H83N7O13P+. The summed E-state index contributed by atoms with van der Waals surface area (Å²) in [5.41, 5.74) is 3.96. The number of quaternary nitrogens is 1. The second kappa shape index (κ2) is 31.7. The van der Waals surface area contributed by atoms with Gasteiger partial charge in [0.15, 0.2) is 22.3 Å². The Morgan fingerprint density at radius 3 is 2.10 bits per heavy atom. The number of esters is 1. The van der Waals surface area contributed by atoms with Gasteiger partial charge in [0, 0.05) is 67.3 Å². The second-order valence-electron chi connectivity index (χ2n) is 21.0. The number of carbonyl (C=O) groups is 1. The zero-order chi connectivity index (χ0) is 55.8. The molecule has 1 aliphatic heterocycles. The highest BCUT2D eigenvalue weighted by atomic mass is 31.2. The second-order valence-corrected chi connectivity index (χ2v) is 22.4. The Bertz CT molecular complexity index is 2870. The molecule has 0 spiro atoms. The molecular weight excluding hydrogens is 1020 g/mol. The lowest BCUT2D eigenvalue weighted by Gasteiger charge is -2.24. The maximum Gasteiger partial charge on any atom is 0.472 e. The van der Waals surface area contributed by atoms with E-state index in [1.165, 1.54) is 18.6 Å². The summed E-state index contributed by atoms with van der Waals surface area (Å²) in [6.07, 6.45) is 18.0.